The van der Waals surface area contributed by atoms with E-state index < -0.39 is 0 Å². The van der Waals surface area contributed by atoms with E-state index in [2.05, 4.69) is 59.1 Å². The van der Waals surface area contributed by atoms with Crippen LogP contribution in [0.15, 0.2) is 70.0 Å². The van der Waals surface area contributed by atoms with E-state index in [4.69, 9.17) is 14.6 Å². The number of thioether (sulfide) groups is 1. The minimum absolute atomic E-state index is 0.140. The van der Waals surface area contributed by atoms with Crippen molar-refractivity contribution in [2.75, 3.05) is 12.9 Å². The first-order chi connectivity index (χ1) is 14.3. The topological polar surface area (TPSA) is 34.1 Å². The Labute approximate surface area is 179 Å². The van der Waals surface area contributed by atoms with Crippen LogP contribution in [0.1, 0.15) is 41.6 Å². The average Bonchev–Trinajstić information content (AvgIpc) is 3.44. The van der Waals surface area contributed by atoms with Crippen LogP contribution in [-0.2, 0) is 0 Å². The molecule has 4 nitrogen and oxygen atoms in total. The lowest BCUT2D eigenvalue weighted by atomic mass is 9.97. The number of ether oxygens (including phenoxy) is 2. The van der Waals surface area contributed by atoms with Crippen LogP contribution in [0.3, 0.4) is 0 Å². The van der Waals surface area contributed by atoms with Gasteiger partial charge in [-0.05, 0) is 42.8 Å². The maximum atomic E-state index is 6.55. The first kappa shape index (κ1) is 18.6. The van der Waals surface area contributed by atoms with Crippen molar-refractivity contribution >= 4 is 28.8 Å². The van der Waals surface area contributed by atoms with Crippen molar-refractivity contribution < 1.29 is 9.47 Å². The van der Waals surface area contributed by atoms with Crippen LogP contribution >= 0.6 is 23.1 Å². The van der Waals surface area contributed by atoms with Gasteiger partial charge in [-0.2, -0.15) is 5.10 Å². The Morgan fingerprint density at radius 3 is 2.76 bits per heavy atom. The molecular weight excluding hydrogens is 400 g/mol. The van der Waals surface area contributed by atoms with Crippen LogP contribution in [0.2, 0.25) is 0 Å². The summed E-state index contributed by atoms with van der Waals surface area (Å²) in [5, 5.41) is 9.25. The molecule has 0 aliphatic carbocycles. The number of rotatable bonds is 5. The molecule has 3 aromatic rings. The standard InChI is InChI=1S/C23H22N2O2S2/c1-3-26-20-7-4-6-17-19-14-18(21-8-5-13-29-21)24-25(19)23(27-22(17)20)15-9-11-16(28-2)12-10-15/h4-13,19,23H,3,14H2,1-2H3. The Hall–Kier alpha value is -2.44. The summed E-state index contributed by atoms with van der Waals surface area (Å²) in [4.78, 5) is 2.46. The van der Waals surface area contributed by atoms with Gasteiger partial charge in [0.15, 0.2) is 11.5 Å². The minimum Gasteiger partial charge on any atom is -0.490 e. The molecule has 2 atom stereocenters. The van der Waals surface area contributed by atoms with E-state index in [1.54, 1.807) is 23.1 Å². The molecule has 0 fully saturated rings. The zero-order valence-corrected chi connectivity index (χ0v) is 18.0. The summed E-state index contributed by atoms with van der Waals surface area (Å²) < 4.78 is 12.4. The highest BCUT2D eigenvalue weighted by Gasteiger charge is 2.42. The van der Waals surface area contributed by atoms with Crippen molar-refractivity contribution in [2.24, 2.45) is 5.10 Å². The molecule has 3 heterocycles. The zero-order chi connectivity index (χ0) is 19.8. The van der Waals surface area contributed by atoms with Crippen molar-refractivity contribution in [1.29, 1.82) is 0 Å². The Morgan fingerprint density at radius 1 is 1.17 bits per heavy atom. The number of hydrogen-bond acceptors (Lipinski definition) is 6. The Balaban J connectivity index is 1.60. The third kappa shape index (κ3) is 3.30. The van der Waals surface area contributed by atoms with Gasteiger partial charge in [0.1, 0.15) is 0 Å². The fourth-order valence-electron chi connectivity index (χ4n) is 3.93. The van der Waals surface area contributed by atoms with Crippen LogP contribution in [-0.4, -0.2) is 23.6 Å². The molecule has 0 amide bonds. The summed E-state index contributed by atoms with van der Waals surface area (Å²) >= 11 is 3.47. The van der Waals surface area contributed by atoms with E-state index in [0.29, 0.717) is 6.61 Å². The highest BCUT2D eigenvalue weighted by Crippen LogP contribution is 2.51. The fourth-order valence-corrected chi connectivity index (χ4v) is 5.06. The Morgan fingerprint density at radius 2 is 2.03 bits per heavy atom. The SMILES string of the molecule is CCOc1cccc2c1OC(c1ccc(SC)cc1)N1N=C(c3cccs3)CC21. The quantitative estimate of drug-likeness (QED) is 0.465. The molecule has 0 bridgehead atoms. The molecule has 0 radical (unpaired) electrons. The molecule has 6 heteroatoms. The number of benzene rings is 2. The van der Waals surface area contributed by atoms with Gasteiger partial charge in [-0.3, -0.25) is 0 Å². The lowest BCUT2D eigenvalue weighted by Gasteiger charge is -2.38. The van der Waals surface area contributed by atoms with E-state index >= 15 is 0 Å². The van der Waals surface area contributed by atoms with Crippen LogP contribution in [0.5, 0.6) is 11.5 Å². The normalized spacial score (nSPS) is 19.9. The van der Waals surface area contributed by atoms with Crippen molar-refractivity contribution in [1.82, 2.24) is 5.01 Å². The minimum atomic E-state index is -0.275. The molecule has 0 spiro atoms. The van der Waals surface area contributed by atoms with Crippen molar-refractivity contribution in [3.8, 4) is 11.5 Å². The van der Waals surface area contributed by atoms with Crippen LogP contribution in [0.25, 0.3) is 0 Å². The van der Waals surface area contributed by atoms with Gasteiger partial charge in [0.2, 0.25) is 6.23 Å². The van der Waals surface area contributed by atoms with Gasteiger partial charge in [0, 0.05) is 22.4 Å². The number of thiophene rings is 1. The van der Waals surface area contributed by atoms with E-state index in [-0.39, 0.29) is 12.3 Å². The molecule has 0 saturated heterocycles. The van der Waals surface area contributed by atoms with Crippen molar-refractivity contribution in [3.63, 3.8) is 0 Å². The highest BCUT2D eigenvalue weighted by molar-refractivity contribution is 7.98. The number of para-hydroxylation sites is 1. The van der Waals surface area contributed by atoms with Crippen LogP contribution in [0.4, 0.5) is 0 Å². The average molecular weight is 423 g/mol. The van der Waals surface area contributed by atoms with E-state index in [1.807, 2.05) is 19.1 Å². The second-order valence-electron chi connectivity index (χ2n) is 6.97. The first-order valence-electron chi connectivity index (χ1n) is 9.74. The fraction of sp³-hybridized carbons (Fsp3) is 0.261. The lowest BCUT2D eigenvalue weighted by molar-refractivity contribution is -0.0212. The Kier molecular flexibility index (Phi) is 4.97. The summed E-state index contributed by atoms with van der Waals surface area (Å²) in [5.41, 5.74) is 3.36. The van der Waals surface area contributed by atoms with Crippen LogP contribution < -0.4 is 9.47 Å². The molecular formula is C23H22N2O2S2. The van der Waals surface area contributed by atoms with Gasteiger partial charge in [-0.15, -0.1) is 23.1 Å². The van der Waals surface area contributed by atoms with Gasteiger partial charge in [0.25, 0.3) is 0 Å². The summed E-state index contributed by atoms with van der Waals surface area (Å²) in [5.74, 6) is 1.65. The van der Waals surface area contributed by atoms with Gasteiger partial charge >= 0.3 is 0 Å². The molecule has 0 N–H and O–H groups in total. The number of hydrazone groups is 1. The Bertz CT molecular complexity index is 1030. The molecule has 2 unspecified atom stereocenters. The second kappa shape index (κ2) is 7.76. The van der Waals surface area contributed by atoms with E-state index in [1.165, 1.54) is 9.77 Å². The largest absolute Gasteiger partial charge is 0.490 e. The first-order valence-corrected chi connectivity index (χ1v) is 11.8. The molecule has 2 aliphatic heterocycles. The molecule has 148 valence electrons. The van der Waals surface area contributed by atoms with Crippen LogP contribution in [0, 0.1) is 0 Å². The van der Waals surface area contributed by atoms with Gasteiger partial charge in [-0.1, -0.05) is 30.3 Å². The molecule has 5 rings (SSSR count). The van der Waals surface area contributed by atoms with Crippen molar-refractivity contribution in [2.45, 2.75) is 30.5 Å². The maximum Gasteiger partial charge on any atom is 0.214 e. The zero-order valence-electron chi connectivity index (χ0n) is 16.4. The van der Waals surface area contributed by atoms with Gasteiger partial charge < -0.3 is 9.47 Å². The molecule has 0 saturated carbocycles. The summed E-state index contributed by atoms with van der Waals surface area (Å²) in [6.07, 6.45) is 2.68. The second-order valence-corrected chi connectivity index (χ2v) is 8.80. The molecule has 29 heavy (non-hydrogen) atoms. The summed E-state index contributed by atoms with van der Waals surface area (Å²) in [7, 11) is 0. The van der Waals surface area contributed by atoms with E-state index in [0.717, 1.165) is 34.8 Å². The third-order valence-corrected chi connectivity index (χ3v) is 6.95. The third-order valence-electron chi connectivity index (χ3n) is 5.29. The number of fused-ring (bicyclic) bond motifs is 3. The maximum absolute atomic E-state index is 6.55. The summed E-state index contributed by atoms with van der Waals surface area (Å²) in [6, 6.07) is 19.1. The monoisotopic (exact) mass is 422 g/mol. The molecule has 2 aromatic carbocycles. The lowest BCUT2D eigenvalue weighted by Crippen LogP contribution is -2.33. The summed E-state index contributed by atoms with van der Waals surface area (Å²) in [6.45, 7) is 2.61. The van der Waals surface area contributed by atoms with Gasteiger partial charge in [-0.25, -0.2) is 5.01 Å². The highest BCUT2D eigenvalue weighted by atomic mass is 32.2. The predicted octanol–water partition coefficient (Wildman–Crippen LogP) is 6.11. The van der Waals surface area contributed by atoms with E-state index in [9.17, 15) is 0 Å². The molecule has 2 aliphatic rings. The number of hydrogen-bond donors (Lipinski definition) is 0. The van der Waals surface area contributed by atoms with Crippen molar-refractivity contribution in [3.05, 3.63) is 76.0 Å². The van der Waals surface area contributed by atoms with Gasteiger partial charge in [0.05, 0.1) is 23.2 Å². The smallest absolute Gasteiger partial charge is 0.214 e. The molecule has 1 aromatic heterocycles. The predicted molar refractivity (Wildman–Crippen MR) is 119 cm³/mol. The number of nitrogens with zero attached hydrogens (tertiary/aromatic N) is 2.